The topological polar surface area (TPSA) is 60.2 Å². The third-order valence-corrected chi connectivity index (χ3v) is 3.79. The van der Waals surface area contributed by atoms with Gasteiger partial charge in [0.05, 0.1) is 0 Å². The van der Waals surface area contributed by atoms with Crippen molar-refractivity contribution in [2.24, 2.45) is 0 Å². The van der Waals surface area contributed by atoms with Gasteiger partial charge in [-0.25, -0.2) is 0 Å². The smallest absolute Gasteiger partial charge is 0.253 e. The largest absolute Gasteiger partial charge is 0.484 e. The Hall–Kier alpha value is -1.88. The first kappa shape index (κ1) is 14.1. The van der Waals surface area contributed by atoms with E-state index in [9.17, 15) is 0 Å². The first-order valence-corrected chi connectivity index (χ1v) is 7.55. The Morgan fingerprint density at radius 1 is 1.38 bits per heavy atom. The maximum absolute atomic E-state index is 5.88. The van der Waals surface area contributed by atoms with E-state index in [0.717, 1.165) is 31.6 Å². The van der Waals surface area contributed by atoms with Gasteiger partial charge in [0.1, 0.15) is 5.75 Å². The van der Waals surface area contributed by atoms with Crippen LogP contribution in [0.2, 0.25) is 0 Å². The number of benzene rings is 1. The molecule has 5 heteroatoms. The number of aryl methyl sites for hydroxylation is 1. The van der Waals surface area contributed by atoms with Crippen molar-refractivity contribution in [2.75, 3.05) is 6.54 Å². The summed E-state index contributed by atoms with van der Waals surface area (Å²) >= 11 is 0. The molecule has 2 aromatic rings. The Morgan fingerprint density at radius 2 is 2.29 bits per heavy atom. The van der Waals surface area contributed by atoms with Gasteiger partial charge >= 0.3 is 0 Å². The van der Waals surface area contributed by atoms with Crippen LogP contribution in [0.5, 0.6) is 5.75 Å². The second-order valence-corrected chi connectivity index (χ2v) is 5.37. The molecular weight excluding hydrogens is 266 g/mol. The van der Waals surface area contributed by atoms with Crippen molar-refractivity contribution in [1.82, 2.24) is 15.5 Å². The maximum atomic E-state index is 5.88. The molecule has 1 unspecified atom stereocenters. The van der Waals surface area contributed by atoms with Crippen molar-refractivity contribution in [3.63, 3.8) is 0 Å². The fourth-order valence-electron chi connectivity index (χ4n) is 2.82. The summed E-state index contributed by atoms with van der Waals surface area (Å²) in [5.41, 5.74) is 2.67. The third-order valence-electron chi connectivity index (χ3n) is 3.79. The van der Waals surface area contributed by atoms with Crippen molar-refractivity contribution < 1.29 is 9.15 Å². The normalized spacial score (nSPS) is 17.0. The summed E-state index contributed by atoms with van der Waals surface area (Å²) in [5, 5.41) is 11.4. The number of nitrogens with one attached hydrogen (secondary N) is 1. The summed E-state index contributed by atoms with van der Waals surface area (Å²) in [5.74, 6) is 2.02. The van der Waals surface area contributed by atoms with Crippen molar-refractivity contribution in [3.8, 4) is 5.75 Å². The van der Waals surface area contributed by atoms with Crippen LogP contribution in [0.15, 0.2) is 22.6 Å². The van der Waals surface area contributed by atoms with Crippen molar-refractivity contribution in [2.45, 2.75) is 45.8 Å². The highest BCUT2D eigenvalue weighted by Gasteiger charge is 2.24. The lowest BCUT2D eigenvalue weighted by molar-refractivity contribution is 0.258. The minimum atomic E-state index is 0.324. The first-order chi connectivity index (χ1) is 10.3. The van der Waals surface area contributed by atoms with Gasteiger partial charge in [-0.05, 0) is 43.0 Å². The summed E-state index contributed by atoms with van der Waals surface area (Å²) < 4.78 is 11.2. The summed E-state index contributed by atoms with van der Waals surface area (Å²) in [4.78, 5) is 0. The second-order valence-electron chi connectivity index (χ2n) is 5.37. The van der Waals surface area contributed by atoms with E-state index >= 15 is 0 Å². The summed E-state index contributed by atoms with van der Waals surface area (Å²) in [6.07, 6.45) is 3.34. The van der Waals surface area contributed by atoms with E-state index in [4.69, 9.17) is 9.15 Å². The molecule has 5 nitrogen and oxygen atoms in total. The van der Waals surface area contributed by atoms with E-state index in [2.05, 4.69) is 34.6 Å². The van der Waals surface area contributed by atoms with E-state index in [1.807, 2.05) is 6.07 Å². The Morgan fingerprint density at radius 3 is 3.05 bits per heavy atom. The molecule has 1 aliphatic carbocycles. The van der Waals surface area contributed by atoms with Crippen LogP contribution in [0.25, 0.3) is 0 Å². The molecule has 0 bridgehead atoms. The number of hydrogen-bond donors (Lipinski definition) is 1. The van der Waals surface area contributed by atoms with Crippen LogP contribution in [-0.2, 0) is 13.0 Å². The zero-order valence-electron chi connectivity index (χ0n) is 12.6. The SMILES string of the molecule is CCCNC1CCc2c(OCc3nnc(C)o3)cccc21. The van der Waals surface area contributed by atoms with E-state index < -0.39 is 0 Å². The summed E-state index contributed by atoms with van der Waals surface area (Å²) in [6, 6.07) is 6.72. The number of ether oxygens (including phenoxy) is 1. The average Bonchev–Trinajstić information content (AvgIpc) is 3.09. The Labute approximate surface area is 124 Å². The van der Waals surface area contributed by atoms with E-state index in [0.29, 0.717) is 24.4 Å². The quantitative estimate of drug-likeness (QED) is 0.885. The van der Waals surface area contributed by atoms with Gasteiger partial charge in [0, 0.05) is 13.0 Å². The zero-order valence-corrected chi connectivity index (χ0v) is 12.6. The van der Waals surface area contributed by atoms with E-state index in [-0.39, 0.29) is 0 Å². The molecule has 1 aromatic carbocycles. The van der Waals surface area contributed by atoms with Gasteiger partial charge in [-0.3, -0.25) is 0 Å². The van der Waals surface area contributed by atoms with Gasteiger partial charge < -0.3 is 14.5 Å². The molecule has 1 aliphatic rings. The molecule has 112 valence electrons. The lowest BCUT2D eigenvalue weighted by Gasteiger charge is -2.14. The average molecular weight is 287 g/mol. The van der Waals surface area contributed by atoms with Crippen LogP contribution in [0, 0.1) is 6.92 Å². The molecular formula is C16H21N3O2. The minimum Gasteiger partial charge on any atom is -0.484 e. The lowest BCUT2D eigenvalue weighted by Crippen LogP contribution is -2.19. The number of aromatic nitrogens is 2. The molecule has 0 saturated carbocycles. The molecule has 1 N–H and O–H groups in total. The van der Waals surface area contributed by atoms with Gasteiger partial charge in [-0.1, -0.05) is 19.1 Å². The molecule has 0 radical (unpaired) electrons. The fraction of sp³-hybridized carbons (Fsp3) is 0.500. The third kappa shape index (κ3) is 3.08. The molecule has 1 atom stereocenters. The van der Waals surface area contributed by atoms with E-state index in [1.54, 1.807) is 6.92 Å². The zero-order chi connectivity index (χ0) is 14.7. The molecule has 0 aliphatic heterocycles. The monoisotopic (exact) mass is 287 g/mol. The van der Waals surface area contributed by atoms with Gasteiger partial charge in [0.2, 0.25) is 5.89 Å². The standard InChI is InChI=1S/C16H21N3O2/c1-3-9-17-14-8-7-13-12(14)5-4-6-15(13)20-10-16-19-18-11(2)21-16/h4-6,14,17H,3,7-10H2,1-2H3. The minimum absolute atomic E-state index is 0.324. The number of nitrogens with zero attached hydrogens (tertiary/aromatic N) is 2. The Balaban J connectivity index is 1.71. The molecule has 1 heterocycles. The van der Waals surface area contributed by atoms with Crippen LogP contribution in [0.4, 0.5) is 0 Å². The molecule has 0 saturated heterocycles. The summed E-state index contributed by atoms with van der Waals surface area (Å²) in [7, 11) is 0. The van der Waals surface area contributed by atoms with Gasteiger partial charge in [-0.15, -0.1) is 10.2 Å². The lowest BCUT2D eigenvalue weighted by atomic mass is 10.1. The van der Waals surface area contributed by atoms with Crippen LogP contribution in [0.1, 0.15) is 48.7 Å². The highest BCUT2D eigenvalue weighted by molar-refractivity contribution is 5.45. The highest BCUT2D eigenvalue weighted by atomic mass is 16.5. The Bertz CT molecular complexity index is 609. The predicted molar refractivity (Wildman–Crippen MR) is 79.2 cm³/mol. The maximum Gasteiger partial charge on any atom is 0.253 e. The molecule has 21 heavy (non-hydrogen) atoms. The molecule has 1 aromatic heterocycles. The van der Waals surface area contributed by atoms with Gasteiger partial charge in [0.15, 0.2) is 6.61 Å². The van der Waals surface area contributed by atoms with Gasteiger partial charge in [-0.2, -0.15) is 0 Å². The van der Waals surface area contributed by atoms with Gasteiger partial charge in [0.25, 0.3) is 5.89 Å². The Kier molecular flexibility index (Phi) is 4.20. The molecule has 0 spiro atoms. The van der Waals surface area contributed by atoms with Crippen LogP contribution < -0.4 is 10.1 Å². The van der Waals surface area contributed by atoms with Crippen molar-refractivity contribution >= 4 is 0 Å². The van der Waals surface area contributed by atoms with E-state index in [1.165, 1.54) is 11.1 Å². The highest BCUT2D eigenvalue weighted by Crippen LogP contribution is 2.37. The summed E-state index contributed by atoms with van der Waals surface area (Å²) in [6.45, 7) is 5.34. The van der Waals surface area contributed by atoms with Crippen molar-refractivity contribution in [3.05, 3.63) is 41.1 Å². The van der Waals surface area contributed by atoms with Crippen LogP contribution in [-0.4, -0.2) is 16.7 Å². The molecule has 3 rings (SSSR count). The van der Waals surface area contributed by atoms with Crippen LogP contribution in [0.3, 0.4) is 0 Å². The molecule has 0 fully saturated rings. The number of rotatable bonds is 6. The first-order valence-electron chi connectivity index (χ1n) is 7.55. The number of hydrogen-bond acceptors (Lipinski definition) is 5. The van der Waals surface area contributed by atoms with Crippen LogP contribution >= 0.6 is 0 Å². The molecule has 0 amide bonds. The second kappa shape index (κ2) is 6.26. The fourth-order valence-corrected chi connectivity index (χ4v) is 2.82. The number of fused-ring (bicyclic) bond motifs is 1. The predicted octanol–water partition coefficient (Wildman–Crippen LogP) is 2.94. The van der Waals surface area contributed by atoms with Crippen molar-refractivity contribution in [1.29, 1.82) is 0 Å².